The van der Waals surface area contributed by atoms with E-state index in [4.69, 9.17) is 14.2 Å². The zero-order valence-corrected chi connectivity index (χ0v) is 29.9. The van der Waals surface area contributed by atoms with Gasteiger partial charge in [0.25, 0.3) is 5.91 Å². The minimum Gasteiger partial charge on any atom is -0.446 e. The molecule has 2 saturated carbocycles. The second-order valence-corrected chi connectivity index (χ2v) is 16.8. The summed E-state index contributed by atoms with van der Waals surface area (Å²) in [6.07, 6.45) is 6.51. The van der Waals surface area contributed by atoms with Crippen molar-refractivity contribution in [3.8, 4) is 0 Å². The van der Waals surface area contributed by atoms with E-state index < -0.39 is 74.8 Å². The van der Waals surface area contributed by atoms with E-state index in [1.807, 2.05) is 36.4 Å². The van der Waals surface area contributed by atoms with Crippen LogP contribution in [0.25, 0.3) is 0 Å². The number of rotatable bonds is 6. The fourth-order valence-corrected chi connectivity index (χ4v) is 9.01. The van der Waals surface area contributed by atoms with E-state index in [0.29, 0.717) is 71.2 Å². The monoisotopic (exact) mass is 741 g/mol. The van der Waals surface area contributed by atoms with Crippen LogP contribution in [-0.4, -0.2) is 103 Å². The number of carbonyl (C=O) groups excluding carboxylic acids is 5. The Kier molecular flexibility index (Phi) is 10.5. The normalized spacial score (nSPS) is 30.4. The lowest BCUT2D eigenvalue weighted by Crippen LogP contribution is -2.58. The number of alkyl carbamates (subject to hydrolysis) is 1. The highest BCUT2D eigenvalue weighted by atomic mass is 32.2. The van der Waals surface area contributed by atoms with Crippen molar-refractivity contribution in [2.75, 3.05) is 19.8 Å². The van der Waals surface area contributed by atoms with Gasteiger partial charge >= 0.3 is 12.2 Å². The first-order chi connectivity index (χ1) is 25.0. The molecule has 16 heteroatoms. The Morgan fingerprint density at radius 1 is 0.923 bits per heavy atom. The molecule has 0 spiro atoms. The quantitative estimate of drug-likeness (QED) is 0.365. The minimum absolute atomic E-state index is 0.0537. The summed E-state index contributed by atoms with van der Waals surface area (Å²) in [6, 6.07) is 5.50. The van der Waals surface area contributed by atoms with E-state index in [1.165, 1.54) is 4.90 Å². The molecule has 5 amide bonds. The van der Waals surface area contributed by atoms with E-state index in [2.05, 4.69) is 15.4 Å². The van der Waals surface area contributed by atoms with Gasteiger partial charge < -0.3 is 29.7 Å². The van der Waals surface area contributed by atoms with E-state index in [-0.39, 0.29) is 25.5 Å². The molecule has 6 aliphatic rings. The number of sulfonamides is 1. The van der Waals surface area contributed by atoms with Crippen molar-refractivity contribution in [3.63, 3.8) is 0 Å². The zero-order chi connectivity index (χ0) is 36.5. The summed E-state index contributed by atoms with van der Waals surface area (Å²) in [5, 5.41) is 4.94. The Labute approximate surface area is 303 Å². The molecule has 282 valence electrons. The van der Waals surface area contributed by atoms with Gasteiger partial charge in [-0.25, -0.2) is 18.0 Å². The summed E-state index contributed by atoms with van der Waals surface area (Å²) in [4.78, 5) is 71.6. The van der Waals surface area contributed by atoms with Crippen molar-refractivity contribution in [1.29, 1.82) is 0 Å². The van der Waals surface area contributed by atoms with Crippen LogP contribution in [0.15, 0.2) is 36.4 Å². The van der Waals surface area contributed by atoms with Gasteiger partial charge in [0.05, 0.1) is 25.0 Å². The highest BCUT2D eigenvalue weighted by molar-refractivity contribution is 7.91. The van der Waals surface area contributed by atoms with Crippen LogP contribution in [0.3, 0.4) is 0 Å². The summed E-state index contributed by atoms with van der Waals surface area (Å²) < 4.78 is 44.6. The first kappa shape index (κ1) is 36.2. The van der Waals surface area contributed by atoms with Gasteiger partial charge in [-0.3, -0.25) is 24.0 Å². The molecule has 4 heterocycles. The van der Waals surface area contributed by atoms with Crippen LogP contribution in [0.4, 0.5) is 9.59 Å². The molecule has 2 aliphatic carbocycles. The second-order valence-electron chi connectivity index (χ2n) is 14.8. The Bertz CT molecular complexity index is 1680. The number of carbonyl (C=O) groups is 5. The van der Waals surface area contributed by atoms with Crippen molar-refractivity contribution >= 4 is 39.9 Å². The topological polar surface area (TPSA) is 190 Å². The van der Waals surface area contributed by atoms with Crippen molar-refractivity contribution in [3.05, 3.63) is 47.5 Å². The third-order valence-electron chi connectivity index (χ3n) is 10.9. The van der Waals surface area contributed by atoms with E-state index >= 15 is 0 Å². The number of amides is 5. The Balaban J connectivity index is 1.12. The number of fused-ring (bicyclic) bond motifs is 3. The summed E-state index contributed by atoms with van der Waals surface area (Å²) in [5.41, 5.74) is 0.496. The van der Waals surface area contributed by atoms with Crippen molar-refractivity contribution < 1.29 is 46.6 Å². The lowest BCUT2D eigenvalue weighted by atomic mass is 10.0. The van der Waals surface area contributed by atoms with Crippen LogP contribution in [0, 0.1) is 5.92 Å². The maximum atomic E-state index is 14.4. The maximum Gasteiger partial charge on any atom is 0.410 e. The third kappa shape index (κ3) is 8.07. The van der Waals surface area contributed by atoms with E-state index in [9.17, 15) is 32.4 Å². The highest BCUT2D eigenvalue weighted by Crippen LogP contribution is 2.46. The molecule has 4 fully saturated rings. The van der Waals surface area contributed by atoms with Crippen LogP contribution >= 0.6 is 0 Å². The molecule has 2 saturated heterocycles. The Morgan fingerprint density at radius 3 is 2.37 bits per heavy atom. The molecule has 3 N–H and O–H groups in total. The summed E-state index contributed by atoms with van der Waals surface area (Å²) in [6.45, 7) is 1.55. The van der Waals surface area contributed by atoms with Crippen LogP contribution in [-0.2, 0) is 51.7 Å². The average Bonchev–Trinajstić information content (AvgIpc) is 4.01. The van der Waals surface area contributed by atoms with Gasteiger partial charge in [-0.05, 0) is 49.7 Å². The summed E-state index contributed by atoms with van der Waals surface area (Å²) in [5.74, 6) is -2.46. The number of nitrogens with one attached hydrogen (secondary N) is 3. The first-order valence-electron chi connectivity index (χ1n) is 18.4. The van der Waals surface area contributed by atoms with Crippen LogP contribution in [0.2, 0.25) is 0 Å². The Morgan fingerprint density at radius 2 is 1.65 bits per heavy atom. The predicted octanol–water partition coefficient (Wildman–Crippen LogP) is 2.39. The number of benzene rings is 1. The van der Waals surface area contributed by atoms with Crippen molar-refractivity contribution in [1.82, 2.24) is 25.2 Å². The predicted molar refractivity (Wildman–Crippen MR) is 185 cm³/mol. The van der Waals surface area contributed by atoms with Crippen LogP contribution < -0.4 is 15.4 Å². The number of ether oxygens (including phenoxy) is 3. The standard InChI is InChI=1S/C36H47N5O10S/c42-31-30-18-27(51-35(46)40-20-23-8-6-7-9-24(23)21-40)22-41(30)32(43)29(37-34(45)50-26-14-16-49-17-15-26)11-5-3-1-2-4-10-25-19-36(25,38-31)33(44)39-52(47,48)28-12-13-28/h4,6-10,25-30H,1-3,5,11-22H2,(H,37,45)(H,38,42)(H,39,44)/b10-4+/t25-,27-,29+,30+,36-/m1/s1. The number of hydrogen-bond donors (Lipinski definition) is 3. The van der Waals surface area contributed by atoms with Gasteiger partial charge in [0.1, 0.15) is 29.8 Å². The smallest absolute Gasteiger partial charge is 0.410 e. The van der Waals surface area contributed by atoms with Gasteiger partial charge in [-0.2, -0.15) is 0 Å². The molecule has 1 aromatic carbocycles. The molecule has 4 aliphatic heterocycles. The molecule has 0 aromatic heterocycles. The van der Waals surface area contributed by atoms with Crippen LogP contribution in [0.5, 0.6) is 0 Å². The highest BCUT2D eigenvalue weighted by Gasteiger charge is 2.62. The molecule has 7 rings (SSSR count). The third-order valence-corrected chi connectivity index (χ3v) is 12.8. The fraction of sp³-hybridized carbons (Fsp3) is 0.639. The average molecular weight is 742 g/mol. The van der Waals surface area contributed by atoms with Crippen molar-refractivity contribution in [2.45, 2.75) is 119 Å². The maximum absolute atomic E-state index is 14.4. The van der Waals surface area contributed by atoms with Gasteiger partial charge in [0.15, 0.2) is 0 Å². The summed E-state index contributed by atoms with van der Waals surface area (Å²) in [7, 11) is -3.90. The SMILES string of the molecule is O=C(N[C@H]1CCCCC/C=C/[C@@H]2C[C@@]2(C(=O)NS(=O)(=O)C2CC2)NC(=O)[C@@H]2C[C@@H](OC(=O)N3Cc4ccccc4C3)CN2C1=O)OC1CCOCC1. The number of nitrogens with zero attached hydrogens (tertiary/aromatic N) is 2. The minimum atomic E-state index is -3.90. The fourth-order valence-electron chi connectivity index (χ4n) is 7.65. The molecular formula is C36H47N5O10S. The second kappa shape index (κ2) is 15.0. The van der Waals surface area contributed by atoms with Gasteiger partial charge in [0.2, 0.25) is 21.8 Å². The Hall–Kier alpha value is -4.18. The molecule has 15 nitrogen and oxygen atoms in total. The van der Waals surface area contributed by atoms with Gasteiger partial charge in [-0.1, -0.05) is 49.3 Å². The lowest BCUT2D eigenvalue weighted by molar-refractivity contribution is -0.141. The van der Waals surface area contributed by atoms with E-state index in [0.717, 1.165) is 24.0 Å². The van der Waals surface area contributed by atoms with Gasteiger partial charge in [-0.15, -0.1) is 0 Å². The summed E-state index contributed by atoms with van der Waals surface area (Å²) >= 11 is 0. The molecule has 0 unspecified atom stereocenters. The van der Waals surface area contributed by atoms with Crippen molar-refractivity contribution in [2.24, 2.45) is 5.92 Å². The molecule has 1 aromatic rings. The number of hydrogen-bond acceptors (Lipinski definition) is 10. The first-order valence-corrected chi connectivity index (χ1v) is 20.0. The zero-order valence-electron chi connectivity index (χ0n) is 29.1. The van der Waals surface area contributed by atoms with Crippen LogP contribution in [0.1, 0.15) is 81.8 Å². The number of allylic oxidation sites excluding steroid dienone is 1. The molecular weight excluding hydrogens is 694 g/mol. The lowest BCUT2D eigenvalue weighted by Gasteiger charge is -2.30. The molecule has 0 bridgehead atoms. The van der Waals surface area contributed by atoms with Gasteiger partial charge in [0, 0.05) is 38.3 Å². The molecule has 52 heavy (non-hydrogen) atoms. The largest absolute Gasteiger partial charge is 0.446 e. The van der Waals surface area contributed by atoms with E-state index in [1.54, 1.807) is 4.90 Å². The molecule has 0 radical (unpaired) electrons. The molecule has 5 atom stereocenters.